The minimum absolute atomic E-state index is 0.673. The van der Waals surface area contributed by atoms with Crippen LogP contribution in [0.25, 0.3) is 0 Å². The molecule has 1 aliphatic carbocycles. The van der Waals surface area contributed by atoms with E-state index in [1.54, 1.807) is 11.5 Å². The monoisotopic (exact) mass is 252 g/mol. The molecule has 0 spiro atoms. The molecule has 0 aromatic carbocycles. The predicted octanol–water partition coefficient (Wildman–Crippen LogP) is 1.85. The molecule has 0 amide bonds. The molecule has 0 atom stereocenters. The van der Waals surface area contributed by atoms with Crippen molar-refractivity contribution in [1.29, 1.82) is 0 Å². The summed E-state index contributed by atoms with van der Waals surface area (Å²) in [5.74, 6) is 2.57. The van der Waals surface area contributed by atoms with E-state index in [4.69, 9.17) is 0 Å². The van der Waals surface area contributed by atoms with E-state index in [9.17, 15) is 0 Å². The number of hydrogen-bond acceptors (Lipinski definition) is 5. The first-order valence-electron chi connectivity index (χ1n) is 6.58. The normalized spacial score (nSPS) is 21.7. The third kappa shape index (κ3) is 2.77. The van der Waals surface area contributed by atoms with Crippen LogP contribution in [0.3, 0.4) is 0 Å². The molecule has 2 heterocycles. The van der Waals surface area contributed by atoms with Crippen molar-refractivity contribution < 1.29 is 0 Å². The molecule has 0 unspecified atom stereocenters. The largest absolute Gasteiger partial charge is 0.350 e. The lowest BCUT2D eigenvalue weighted by Crippen LogP contribution is -2.34. The molecular formula is C12H20N4S. The highest BCUT2D eigenvalue weighted by Crippen LogP contribution is 2.39. The number of anilines is 1. The lowest BCUT2D eigenvalue weighted by Gasteiger charge is -2.27. The highest BCUT2D eigenvalue weighted by Gasteiger charge is 2.28. The Bertz CT molecular complexity index is 368. The Morgan fingerprint density at radius 1 is 1.29 bits per heavy atom. The van der Waals surface area contributed by atoms with Gasteiger partial charge in [-0.05, 0) is 44.7 Å². The maximum atomic E-state index is 4.66. The summed E-state index contributed by atoms with van der Waals surface area (Å²) >= 11 is 1.56. The van der Waals surface area contributed by atoms with E-state index >= 15 is 0 Å². The van der Waals surface area contributed by atoms with Crippen LogP contribution in [0.15, 0.2) is 0 Å². The summed E-state index contributed by atoms with van der Waals surface area (Å²) in [6.45, 7) is 3.46. The molecule has 0 radical (unpaired) electrons. The van der Waals surface area contributed by atoms with E-state index in [-0.39, 0.29) is 0 Å². The summed E-state index contributed by atoms with van der Waals surface area (Å²) < 4.78 is 4.47. The fourth-order valence-electron chi connectivity index (χ4n) is 2.42. The SMILES string of the molecule is CN(CC1CCNCC1)c1nc(C2CC2)ns1. The van der Waals surface area contributed by atoms with Gasteiger partial charge in [-0.15, -0.1) is 0 Å². The highest BCUT2D eigenvalue weighted by atomic mass is 32.1. The van der Waals surface area contributed by atoms with Gasteiger partial charge in [0.15, 0.2) is 0 Å². The summed E-state index contributed by atoms with van der Waals surface area (Å²) in [6, 6.07) is 0. The maximum Gasteiger partial charge on any atom is 0.204 e. The van der Waals surface area contributed by atoms with Crippen LogP contribution in [0.1, 0.15) is 37.4 Å². The summed E-state index contributed by atoms with van der Waals surface area (Å²) in [5, 5.41) is 4.51. The Kier molecular flexibility index (Phi) is 3.29. The third-order valence-electron chi connectivity index (χ3n) is 3.69. The first-order chi connectivity index (χ1) is 8.33. The minimum atomic E-state index is 0.673. The van der Waals surface area contributed by atoms with E-state index < -0.39 is 0 Å². The van der Waals surface area contributed by atoms with Crippen LogP contribution in [0.5, 0.6) is 0 Å². The molecule has 4 nitrogen and oxygen atoms in total. The van der Waals surface area contributed by atoms with Crippen LogP contribution in [0.2, 0.25) is 0 Å². The summed E-state index contributed by atoms with van der Waals surface area (Å²) in [4.78, 5) is 6.95. The maximum absolute atomic E-state index is 4.66. The number of nitrogens with zero attached hydrogens (tertiary/aromatic N) is 3. The van der Waals surface area contributed by atoms with Crippen molar-refractivity contribution in [2.45, 2.75) is 31.6 Å². The van der Waals surface area contributed by atoms with Crippen molar-refractivity contribution in [2.24, 2.45) is 5.92 Å². The van der Waals surface area contributed by atoms with E-state index in [0.29, 0.717) is 5.92 Å². The van der Waals surface area contributed by atoms with Gasteiger partial charge in [0.2, 0.25) is 5.13 Å². The van der Waals surface area contributed by atoms with Crippen molar-refractivity contribution in [1.82, 2.24) is 14.7 Å². The van der Waals surface area contributed by atoms with Gasteiger partial charge in [-0.3, -0.25) is 0 Å². The standard InChI is InChI=1S/C12H20N4S/c1-16(8-9-4-6-13-7-5-9)12-14-11(15-17-12)10-2-3-10/h9-10,13H,2-8H2,1H3. The summed E-state index contributed by atoms with van der Waals surface area (Å²) in [6.07, 6.45) is 5.15. The molecular weight excluding hydrogens is 232 g/mol. The van der Waals surface area contributed by atoms with Crippen LogP contribution < -0.4 is 10.2 Å². The molecule has 1 aromatic heterocycles. The van der Waals surface area contributed by atoms with E-state index in [1.807, 2.05) is 0 Å². The predicted molar refractivity (Wildman–Crippen MR) is 70.7 cm³/mol. The number of nitrogens with one attached hydrogen (secondary N) is 1. The number of rotatable bonds is 4. The Labute approximate surface area is 107 Å². The van der Waals surface area contributed by atoms with Crippen LogP contribution in [-0.4, -0.2) is 36.0 Å². The number of hydrogen-bond donors (Lipinski definition) is 1. The number of aromatic nitrogens is 2. The second kappa shape index (κ2) is 4.90. The first-order valence-corrected chi connectivity index (χ1v) is 7.35. The molecule has 3 rings (SSSR count). The van der Waals surface area contributed by atoms with Crippen LogP contribution >= 0.6 is 11.5 Å². The third-order valence-corrected chi connectivity index (χ3v) is 4.54. The van der Waals surface area contributed by atoms with Gasteiger partial charge in [-0.2, -0.15) is 4.37 Å². The quantitative estimate of drug-likeness (QED) is 0.888. The average molecular weight is 252 g/mol. The van der Waals surface area contributed by atoms with Gasteiger partial charge in [0.25, 0.3) is 0 Å². The fourth-order valence-corrected chi connectivity index (χ4v) is 3.13. The molecule has 5 heteroatoms. The van der Waals surface area contributed by atoms with Gasteiger partial charge in [0.05, 0.1) is 0 Å². The lowest BCUT2D eigenvalue weighted by molar-refractivity contribution is 0.378. The van der Waals surface area contributed by atoms with Crippen molar-refractivity contribution in [3.8, 4) is 0 Å². The molecule has 2 fully saturated rings. The van der Waals surface area contributed by atoms with Crippen LogP contribution in [0.4, 0.5) is 5.13 Å². The van der Waals surface area contributed by atoms with Gasteiger partial charge < -0.3 is 10.2 Å². The van der Waals surface area contributed by atoms with Crippen molar-refractivity contribution in [3.05, 3.63) is 5.82 Å². The zero-order chi connectivity index (χ0) is 11.7. The highest BCUT2D eigenvalue weighted by molar-refractivity contribution is 7.09. The zero-order valence-corrected chi connectivity index (χ0v) is 11.2. The van der Waals surface area contributed by atoms with Crippen molar-refractivity contribution in [3.63, 3.8) is 0 Å². The molecule has 1 N–H and O–H groups in total. The van der Waals surface area contributed by atoms with Gasteiger partial charge in [0.1, 0.15) is 5.82 Å². The van der Waals surface area contributed by atoms with Gasteiger partial charge in [-0.1, -0.05) is 0 Å². The Morgan fingerprint density at radius 2 is 2.06 bits per heavy atom. The fraction of sp³-hybridized carbons (Fsp3) is 0.833. The molecule has 2 aliphatic rings. The topological polar surface area (TPSA) is 41.0 Å². The molecule has 94 valence electrons. The lowest BCUT2D eigenvalue weighted by atomic mass is 9.98. The average Bonchev–Trinajstić information content (AvgIpc) is 3.08. The van der Waals surface area contributed by atoms with Gasteiger partial charge >= 0.3 is 0 Å². The number of piperidine rings is 1. The van der Waals surface area contributed by atoms with Gasteiger partial charge in [-0.25, -0.2) is 4.98 Å². The molecule has 0 bridgehead atoms. The summed E-state index contributed by atoms with van der Waals surface area (Å²) in [5.41, 5.74) is 0. The molecule has 1 aromatic rings. The van der Waals surface area contributed by atoms with Crippen molar-refractivity contribution >= 4 is 16.7 Å². The molecule has 17 heavy (non-hydrogen) atoms. The van der Waals surface area contributed by atoms with E-state index in [1.165, 1.54) is 38.8 Å². The summed E-state index contributed by atoms with van der Waals surface area (Å²) in [7, 11) is 2.15. The Hall–Kier alpha value is -0.680. The van der Waals surface area contributed by atoms with Crippen molar-refractivity contribution in [2.75, 3.05) is 31.6 Å². The second-order valence-corrected chi connectivity index (χ2v) is 6.01. The van der Waals surface area contributed by atoms with Crippen LogP contribution in [0, 0.1) is 5.92 Å². The Morgan fingerprint density at radius 3 is 2.76 bits per heavy atom. The second-order valence-electron chi connectivity index (χ2n) is 5.28. The first kappa shape index (κ1) is 11.4. The zero-order valence-electron chi connectivity index (χ0n) is 10.4. The van der Waals surface area contributed by atoms with Crippen LogP contribution in [-0.2, 0) is 0 Å². The molecule has 1 aliphatic heterocycles. The molecule has 1 saturated heterocycles. The van der Waals surface area contributed by atoms with E-state index in [0.717, 1.165) is 23.4 Å². The van der Waals surface area contributed by atoms with E-state index in [2.05, 4.69) is 26.6 Å². The Balaban J connectivity index is 1.57. The smallest absolute Gasteiger partial charge is 0.204 e. The van der Waals surface area contributed by atoms with Gasteiger partial charge in [0, 0.05) is 31.0 Å². The minimum Gasteiger partial charge on any atom is -0.350 e. The molecule has 1 saturated carbocycles.